The number of rotatable bonds is 5. The van der Waals surface area contributed by atoms with Gasteiger partial charge in [0.1, 0.15) is 0 Å². The van der Waals surface area contributed by atoms with Gasteiger partial charge in [-0.2, -0.15) is 0 Å². The fourth-order valence-electron chi connectivity index (χ4n) is 1.47. The fraction of sp³-hybridized carbons (Fsp3) is 1.00. The van der Waals surface area contributed by atoms with E-state index in [0.717, 1.165) is 18.5 Å². The van der Waals surface area contributed by atoms with E-state index in [4.69, 9.17) is 5.73 Å². The maximum atomic E-state index is 5.92. The molecule has 1 rings (SSSR count). The normalized spacial score (nSPS) is 30.8. The first kappa shape index (κ1) is 10.0. The van der Waals surface area contributed by atoms with Crippen LogP contribution in [0.5, 0.6) is 0 Å². The molecule has 0 saturated heterocycles. The Labute approximate surface area is 75.9 Å². The summed E-state index contributed by atoms with van der Waals surface area (Å²) in [6.45, 7) is 7.60. The Balaban J connectivity index is 2.03. The summed E-state index contributed by atoms with van der Waals surface area (Å²) < 4.78 is 0. The summed E-state index contributed by atoms with van der Waals surface area (Å²) in [5.41, 5.74) is 5.92. The third-order valence-electron chi connectivity index (χ3n) is 2.92. The van der Waals surface area contributed by atoms with Crippen LogP contribution in [-0.4, -0.2) is 18.6 Å². The minimum absolute atomic E-state index is 0.322. The van der Waals surface area contributed by atoms with Gasteiger partial charge in [0, 0.05) is 18.6 Å². The van der Waals surface area contributed by atoms with Crippen molar-refractivity contribution < 1.29 is 0 Å². The van der Waals surface area contributed by atoms with Crippen molar-refractivity contribution in [3.05, 3.63) is 0 Å². The topological polar surface area (TPSA) is 38.0 Å². The lowest BCUT2D eigenvalue weighted by atomic mass is 10.1. The molecule has 1 aliphatic carbocycles. The van der Waals surface area contributed by atoms with E-state index in [2.05, 4.69) is 26.1 Å². The van der Waals surface area contributed by atoms with Crippen LogP contribution in [0.4, 0.5) is 0 Å². The summed E-state index contributed by atoms with van der Waals surface area (Å²) in [4.78, 5) is 0. The molecular weight excluding hydrogens is 148 g/mol. The smallest absolute Gasteiger partial charge is 0.0188 e. The van der Waals surface area contributed by atoms with E-state index >= 15 is 0 Å². The van der Waals surface area contributed by atoms with Crippen molar-refractivity contribution in [2.75, 3.05) is 6.54 Å². The number of nitrogens with two attached hydrogens (primary N) is 1. The van der Waals surface area contributed by atoms with E-state index in [-0.39, 0.29) is 0 Å². The molecule has 0 heterocycles. The Bertz CT molecular complexity index is 134. The van der Waals surface area contributed by atoms with Gasteiger partial charge in [-0.05, 0) is 18.3 Å². The molecule has 1 fully saturated rings. The van der Waals surface area contributed by atoms with Gasteiger partial charge in [0.05, 0.1) is 0 Å². The molecule has 1 aliphatic rings. The quantitative estimate of drug-likeness (QED) is 0.654. The van der Waals surface area contributed by atoms with Crippen LogP contribution >= 0.6 is 0 Å². The molecule has 0 aliphatic heterocycles. The predicted molar refractivity (Wildman–Crippen MR) is 53.0 cm³/mol. The van der Waals surface area contributed by atoms with Crippen molar-refractivity contribution in [3.63, 3.8) is 0 Å². The Hall–Kier alpha value is -0.0800. The highest BCUT2D eigenvalue weighted by Crippen LogP contribution is 2.32. The molecule has 3 N–H and O–H groups in total. The van der Waals surface area contributed by atoms with Gasteiger partial charge in [-0.1, -0.05) is 27.2 Å². The van der Waals surface area contributed by atoms with E-state index < -0.39 is 0 Å². The van der Waals surface area contributed by atoms with Crippen molar-refractivity contribution in [1.82, 2.24) is 5.32 Å². The molecule has 12 heavy (non-hydrogen) atoms. The molecule has 0 bridgehead atoms. The largest absolute Gasteiger partial charge is 0.326 e. The van der Waals surface area contributed by atoms with Crippen LogP contribution in [0, 0.1) is 11.8 Å². The Morgan fingerprint density at radius 2 is 2.17 bits per heavy atom. The summed E-state index contributed by atoms with van der Waals surface area (Å²) >= 11 is 0. The minimum Gasteiger partial charge on any atom is -0.326 e. The van der Waals surface area contributed by atoms with E-state index in [0.29, 0.717) is 12.0 Å². The first-order valence-corrected chi connectivity index (χ1v) is 5.14. The summed E-state index contributed by atoms with van der Waals surface area (Å²) in [5.74, 6) is 1.53. The monoisotopic (exact) mass is 170 g/mol. The van der Waals surface area contributed by atoms with Crippen molar-refractivity contribution in [1.29, 1.82) is 0 Å². The number of hydrogen-bond donors (Lipinski definition) is 2. The zero-order valence-electron chi connectivity index (χ0n) is 8.51. The highest BCUT2D eigenvalue weighted by Gasteiger charge is 2.34. The van der Waals surface area contributed by atoms with Crippen LogP contribution < -0.4 is 11.1 Å². The van der Waals surface area contributed by atoms with Gasteiger partial charge in [0.2, 0.25) is 0 Å². The average Bonchev–Trinajstić information content (AvgIpc) is 2.78. The van der Waals surface area contributed by atoms with Gasteiger partial charge in [-0.15, -0.1) is 0 Å². The fourth-order valence-corrected chi connectivity index (χ4v) is 1.47. The molecule has 0 radical (unpaired) electrons. The van der Waals surface area contributed by atoms with Gasteiger partial charge in [-0.3, -0.25) is 0 Å². The van der Waals surface area contributed by atoms with Gasteiger partial charge in [0.25, 0.3) is 0 Å². The van der Waals surface area contributed by atoms with Gasteiger partial charge in [-0.25, -0.2) is 0 Å². The lowest BCUT2D eigenvalue weighted by Gasteiger charge is -2.15. The standard InChI is InChI=1S/C10H22N2/c1-4-8-5-10(8)12-6-9(11)7(2)3/h7-10,12H,4-6,11H2,1-3H3. The van der Waals surface area contributed by atoms with Crippen LogP contribution in [0.2, 0.25) is 0 Å². The van der Waals surface area contributed by atoms with Crippen LogP contribution in [0.3, 0.4) is 0 Å². The zero-order chi connectivity index (χ0) is 9.14. The molecule has 0 amide bonds. The predicted octanol–water partition coefficient (Wildman–Crippen LogP) is 1.36. The minimum atomic E-state index is 0.322. The zero-order valence-corrected chi connectivity index (χ0v) is 8.51. The first-order chi connectivity index (χ1) is 5.65. The summed E-state index contributed by atoms with van der Waals surface area (Å²) in [5, 5.41) is 3.51. The Morgan fingerprint density at radius 3 is 2.58 bits per heavy atom. The molecule has 0 aromatic heterocycles. The van der Waals surface area contributed by atoms with Gasteiger partial charge >= 0.3 is 0 Å². The molecule has 0 spiro atoms. The first-order valence-electron chi connectivity index (χ1n) is 5.14. The third-order valence-corrected chi connectivity index (χ3v) is 2.92. The average molecular weight is 170 g/mol. The van der Waals surface area contributed by atoms with E-state index in [1.807, 2.05) is 0 Å². The van der Waals surface area contributed by atoms with E-state index in [1.165, 1.54) is 12.8 Å². The summed E-state index contributed by atoms with van der Waals surface area (Å²) in [6.07, 6.45) is 2.68. The highest BCUT2D eigenvalue weighted by molar-refractivity contribution is 4.92. The molecule has 2 heteroatoms. The maximum Gasteiger partial charge on any atom is 0.0188 e. The number of nitrogens with one attached hydrogen (secondary N) is 1. The second-order valence-corrected chi connectivity index (χ2v) is 4.33. The second-order valence-electron chi connectivity index (χ2n) is 4.33. The maximum absolute atomic E-state index is 5.92. The van der Waals surface area contributed by atoms with E-state index in [9.17, 15) is 0 Å². The van der Waals surface area contributed by atoms with Crippen LogP contribution in [-0.2, 0) is 0 Å². The third kappa shape index (κ3) is 2.76. The molecule has 0 aromatic carbocycles. The molecule has 1 saturated carbocycles. The summed E-state index contributed by atoms with van der Waals surface area (Å²) in [6, 6.07) is 1.10. The lowest BCUT2D eigenvalue weighted by Crippen LogP contribution is -2.39. The summed E-state index contributed by atoms with van der Waals surface area (Å²) in [7, 11) is 0. The molecule has 3 atom stereocenters. The van der Waals surface area contributed by atoms with Crippen LogP contribution in [0.15, 0.2) is 0 Å². The van der Waals surface area contributed by atoms with Crippen molar-refractivity contribution in [2.45, 2.75) is 45.7 Å². The highest BCUT2D eigenvalue weighted by atomic mass is 15.0. The Kier molecular flexibility index (Phi) is 3.53. The van der Waals surface area contributed by atoms with Gasteiger partial charge in [0.15, 0.2) is 0 Å². The van der Waals surface area contributed by atoms with Gasteiger partial charge < -0.3 is 11.1 Å². The molecule has 72 valence electrons. The van der Waals surface area contributed by atoms with Crippen LogP contribution in [0.1, 0.15) is 33.6 Å². The number of hydrogen-bond acceptors (Lipinski definition) is 2. The SMILES string of the molecule is CCC1CC1NCC(N)C(C)C. The molecule has 3 unspecified atom stereocenters. The molecule has 0 aromatic rings. The lowest BCUT2D eigenvalue weighted by molar-refractivity contribution is 0.451. The van der Waals surface area contributed by atoms with E-state index in [1.54, 1.807) is 0 Å². The van der Waals surface area contributed by atoms with Crippen molar-refractivity contribution >= 4 is 0 Å². The molecule has 2 nitrogen and oxygen atoms in total. The van der Waals surface area contributed by atoms with Crippen molar-refractivity contribution in [2.24, 2.45) is 17.6 Å². The molecular formula is C10H22N2. The Morgan fingerprint density at radius 1 is 1.50 bits per heavy atom. The van der Waals surface area contributed by atoms with Crippen molar-refractivity contribution in [3.8, 4) is 0 Å². The van der Waals surface area contributed by atoms with Crippen LogP contribution in [0.25, 0.3) is 0 Å². The second kappa shape index (κ2) is 4.24.